The van der Waals surface area contributed by atoms with Crippen molar-refractivity contribution in [3.8, 4) is 0 Å². The molecule has 3 rings (SSSR count). The van der Waals surface area contributed by atoms with E-state index in [9.17, 15) is 9.59 Å². The van der Waals surface area contributed by atoms with Crippen LogP contribution in [0, 0.1) is 0 Å². The molecule has 1 amide bonds. The average Bonchev–Trinajstić information content (AvgIpc) is 2.73. The predicted octanol–water partition coefficient (Wildman–Crippen LogP) is 1.78. The molecule has 28 heavy (non-hydrogen) atoms. The number of hydrogen-bond donors (Lipinski definition) is 1. The van der Waals surface area contributed by atoms with Crippen LogP contribution < -0.4 is 15.8 Å². The lowest BCUT2D eigenvalue weighted by Crippen LogP contribution is -2.46. The minimum absolute atomic E-state index is 0.0621. The average molecular weight is 384 g/mol. The Balaban J connectivity index is 1.52. The van der Waals surface area contributed by atoms with E-state index in [1.54, 1.807) is 19.4 Å². The monoisotopic (exact) mass is 384 g/mol. The molecule has 150 valence electrons. The largest absolute Gasteiger partial charge is 0.383 e. The van der Waals surface area contributed by atoms with Crippen LogP contribution in [0.5, 0.6) is 0 Å². The maximum absolute atomic E-state index is 12.5. The third-order valence-electron chi connectivity index (χ3n) is 5.26. The number of methoxy groups -OCH3 is 1. The number of hydrogen-bond acceptors (Lipinski definition) is 5. The summed E-state index contributed by atoms with van der Waals surface area (Å²) in [6.45, 7) is 4.41. The van der Waals surface area contributed by atoms with Crippen molar-refractivity contribution in [1.82, 2.24) is 15.1 Å². The highest BCUT2D eigenvalue weighted by Gasteiger charge is 2.24. The van der Waals surface area contributed by atoms with Crippen molar-refractivity contribution in [3.63, 3.8) is 0 Å². The molecule has 1 aromatic heterocycles. The van der Waals surface area contributed by atoms with Gasteiger partial charge in [-0.15, -0.1) is 0 Å². The summed E-state index contributed by atoms with van der Waals surface area (Å²) >= 11 is 0. The molecule has 0 aliphatic carbocycles. The smallest absolute Gasteiger partial charge is 0.268 e. The van der Waals surface area contributed by atoms with Crippen molar-refractivity contribution >= 4 is 11.6 Å². The van der Waals surface area contributed by atoms with Crippen molar-refractivity contribution < 1.29 is 9.53 Å². The molecule has 1 fully saturated rings. The minimum atomic E-state index is -0.164. The second-order valence-electron chi connectivity index (χ2n) is 7.17. The highest BCUT2D eigenvalue weighted by molar-refractivity contribution is 5.83. The van der Waals surface area contributed by atoms with Gasteiger partial charge < -0.3 is 15.0 Å². The standard InChI is InChI=1S/C21H28N4O3/c1-16(17-6-4-3-5-7-17)21(27)23-18-8-10-24(11-9-18)19-14-20(26)25(22-15-19)12-13-28-2/h3-7,14-16,18H,8-13H2,1-2H3,(H,23,27). The maximum atomic E-state index is 12.5. The summed E-state index contributed by atoms with van der Waals surface area (Å²) in [5, 5.41) is 7.40. The van der Waals surface area contributed by atoms with Crippen LogP contribution in [0.3, 0.4) is 0 Å². The molecule has 1 N–H and O–H groups in total. The number of aromatic nitrogens is 2. The molecular weight excluding hydrogens is 356 g/mol. The van der Waals surface area contributed by atoms with Gasteiger partial charge in [0.25, 0.3) is 5.56 Å². The summed E-state index contributed by atoms with van der Waals surface area (Å²) < 4.78 is 6.40. The number of benzene rings is 1. The summed E-state index contributed by atoms with van der Waals surface area (Å²) in [6, 6.07) is 11.6. The molecule has 2 heterocycles. The molecular formula is C21H28N4O3. The van der Waals surface area contributed by atoms with Crippen LogP contribution in [0.4, 0.5) is 5.69 Å². The summed E-state index contributed by atoms with van der Waals surface area (Å²) in [4.78, 5) is 26.9. The summed E-state index contributed by atoms with van der Waals surface area (Å²) in [5.74, 6) is -0.102. The second-order valence-corrected chi connectivity index (χ2v) is 7.17. The minimum Gasteiger partial charge on any atom is -0.383 e. The summed E-state index contributed by atoms with van der Waals surface area (Å²) in [7, 11) is 1.60. The molecule has 1 unspecified atom stereocenters. The number of ether oxygens (including phenoxy) is 1. The molecule has 1 aliphatic heterocycles. The van der Waals surface area contributed by atoms with Crippen molar-refractivity contribution in [1.29, 1.82) is 0 Å². The van der Waals surface area contributed by atoms with Crippen molar-refractivity contribution in [3.05, 3.63) is 58.5 Å². The lowest BCUT2D eigenvalue weighted by atomic mass is 9.98. The van der Waals surface area contributed by atoms with Gasteiger partial charge in [-0.05, 0) is 25.3 Å². The van der Waals surface area contributed by atoms with E-state index in [1.807, 2.05) is 37.3 Å². The van der Waals surface area contributed by atoms with Crippen LogP contribution >= 0.6 is 0 Å². The summed E-state index contributed by atoms with van der Waals surface area (Å²) in [5.41, 5.74) is 1.74. The number of amides is 1. The van der Waals surface area contributed by atoms with E-state index < -0.39 is 0 Å². The SMILES string of the molecule is COCCn1ncc(N2CCC(NC(=O)C(C)c3ccccc3)CC2)cc1=O. The number of piperidine rings is 1. The molecule has 1 aromatic carbocycles. The fourth-order valence-corrected chi connectivity index (χ4v) is 3.44. The quantitative estimate of drug-likeness (QED) is 0.787. The van der Waals surface area contributed by atoms with Crippen LogP contribution in [0.15, 0.2) is 47.4 Å². The Labute approximate surface area is 165 Å². The third kappa shape index (κ3) is 4.98. The van der Waals surface area contributed by atoms with Gasteiger partial charge in [0.2, 0.25) is 5.91 Å². The van der Waals surface area contributed by atoms with Crippen molar-refractivity contribution in [2.24, 2.45) is 0 Å². The lowest BCUT2D eigenvalue weighted by Gasteiger charge is -2.34. The molecule has 0 spiro atoms. The van der Waals surface area contributed by atoms with E-state index >= 15 is 0 Å². The topological polar surface area (TPSA) is 76.5 Å². The van der Waals surface area contributed by atoms with Crippen molar-refractivity contribution in [2.45, 2.75) is 38.3 Å². The number of anilines is 1. The number of rotatable bonds is 7. The van der Waals surface area contributed by atoms with Gasteiger partial charge in [0, 0.05) is 32.3 Å². The van der Waals surface area contributed by atoms with Gasteiger partial charge in [-0.1, -0.05) is 30.3 Å². The highest BCUT2D eigenvalue weighted by atomic mass is 16.5. The normalized spacial score (nSPS) is 16.0. The van der Waals surface area contributed by atoms with Gasteiger partial charge in [-0.25, -0.2) is 4.68 Å². The Bertz CT molecular complexity index is 829. The number of carbonyl (C=O) groups is 1. The molecule has 7 nitrogen and oxygen atoms in total. The fourth-order valence-electron chi connectivity index (χ4n) is 3.44. The molecule has 7 heteroatoms. The predicted molar refractivity (Wildman–Crippen MR) is 109 cm³/mol. The van der Waals surface area contributed by atoms with Crippen molar-refractivity contribution in [2.75, 3.05) is 31.7 Å². The highest BCUT2D eigenvalue weighted by Crippen LogP contribution is 2.20. The number of carbonyl (C=O) groups excluding carboxylic acids is 1. The van der Waals surface area contributed by atoms with Crippen LogP contribution in [-0.4, -0.2) is 48.5 Å². The Morgan fingerprint density at radius 3 is 2.64 bits per heavy atom. The lowest BCUT2D eigenvalue weighted by molar-refractivity contribution is -0.123. The molecule has 0 bridgehead atoms. The van der Waals surface area contributed by atoms with Gasteiger partial charge in [0.05, 0.1) is 31.0 Å². The number of nitrogens with zero attached hydrogens (tertiary/aromatic N) is 3. The molecule has 2 aromatic rings. The maximum Gasteiger partial charge on any atom is 0.268 e. The second kappa shape index (κ2) is 9.50. The third-order valence-corrected chi connectivity index (χ3v) is 5.26. The molecule has 1 atom stereocenters. The van der Waals surface area contributed by atoms with E-state index in [0.717, 1.165) is 37.2 Å². The Kier molecular flexibility index (Phi) is 6.81. The summed E-state index contributed by atoms with van der Waals surface area (Å²) in [6.07, 6.45) is 3.42. The first-order chi connectivity index (χ1) is 13.6. The van der Waals surface area contributed by atoms with Gasteiger partial charge >= 0.3 is 0 Å². The zero-order valence-electron chi connectivity index (χ0n) is 16.5. The Hall–Kier alpha value is -2.67. The first-order valence-corrected chi connectivity index (χ1v) is 9.75. The molecule has 1 saturated heterocycles. The van der Waals surface area contributed by atoms with Crippen LogP contribution in [0.2, 0.25) is 0 Å². The molecule has 0 saturated carbocycles. The van der Waals surface area contributed by atoms with Crippen LogP contribution in [-0.2, 0) is 16.1 Å². The number of nitrogens with one attached hydrogen (secondary N) is 1. The van der Waals surface area contributed by atoms with Gasteiger partial charge in [-0.3, -0.25) is 9.59 Å². The Morgan fingerprint density at radius 1 is 1.29 bits per heavy atom. The zero-order chi connectivity index (χ0) is 19.9. The van der Waals surface area contributed by atoms with E-state index in [-0.39, 0.29) is 23.4 Å². The van der Waals surface area contributed by atoms with Gasteiger partial charge in [-0.2, -0.15) is 5.10 Å². The van der Waals surface area contributed by atoms with E-state index in [1.165, 1.54) is 4.68 Å². The zero-order valence-corrected chi connectivity index (χ0v) is 16.5. The first kappa shape index (κ1) is 20.1. The molecule has 1 aliphatic rings. The van der Waals surface area contributed by atoms with E-state index in [2.05, 4.69) is 15.3 Å². The van der Waals surface area contributed by atoms with E-state index in [0.29, 0.717) is 13.2 Å². The van der Waals surface area contributed by atoms with Crippen LogP contribution in [0.25, 0.3) is 0 Å². The van der Waals surface area contributed by atoms with Crippen LogP contribution in [0.1, 0.15) is 31.2 Å². The van der Waals surface area contributed by atoms with Gasteiger partial charge in [0.15, 0.2) is 0 Å². The van der Waals surface area contributed by atoms with Gasteiger partial charge in [0.1, 0.15) is 0 Å². The van der Waals surface area contributed by atoms with E-state index in [4.69, 9.17) is 4.74 Å². The fraction of sp³-hybridized carbons (Fsp3) is 0.476. The Morgan fingerprint density at radius 2 is 2.00 bits per heavy atom. The molecule has 0 radical (unpaired) electrons. The first-order valence-electron chi connectivity index (χ1n) is 9.75.